The lowest BCUT2D eigenvalue weighted by molar-refractivity contribution is -0.122. The number of thiazole rings is 1. The molecule has 0 bridgehead atoms. The van der Waals surface area contributed by atoms with E-state index in [0.717, 1.165) is 38.2 Å². The Balaban J connectivity index is 0.000000659. The number of hydrogen-bond donors (Lipinski definition) is 3. The van der Waals surface area contributed by atoms with Gasteiger partial charge in [0.2, 0.25) is 0 Å². The van der Waals surface area contributed by atoms with E-state index in [2.05, 4.69) is 55.6 Å². The van der Waals surface area contributed by atoms with Gasteiger partial charge in [-0.3, -0.25) is 9.69 Å². The molecule has 0 unspecified atom stereocenters. The van der Waals surface area contributed by atoms with Crippen LogP contribution in [0.15, 0.2) is 48.2 Å². The van der Waals surface area contributed by atoms with Crippen LogP contribution in [0.25, 0.3) is 0 Å². The summed E-state index contributed by atoms with van der Waals surface area (Å²) in [7, 11) is 0. The number of nitrogens with zero attached hydrogens (tertiary/aromatic N) is 3. The van der Waals surface area contributed by atoms with Crippen LogP contribution >= 0.6 is 11.3 Å². The molecule has 0 aliphatic carbocycles. The second-order valence-corrected chi connectivity index (χ2v) is 7.37. The highest BCUT2D eigenvalue weighted by Gasteiger charge is 2.39. The Morgan fingerprint density at radius 1 is 1.30 bits per heavy atom. The third kappa shape index (κ3) is 4.35. The molecule has 1 aromatic carbocycles. The maximum atomic E-state index is 8.36. The van der Waals surface area contributed by atoms with Crippen molar-refractivity contribution in [2.45, 2.75) is 24.8 Å². The number of aromatic amines is 1. The number of anilines is 1. The van der Waals surface area contributed by atoms with Crippen molar-refractivity contribution < 1.29 is 9.90 Å². The van der Waals surface area contributed by atoms with Gasteiger partial charge in [0, 0.05) is 29.2 Å². The van der Waals surface area contributed by atoms with Gasteiger partial charge in [0.15, 0.2) is 5.13 Å². The highest BCUT2D eigenvalue weighted by Crippen LogP contribution is 2.42. The number of nitrogen functional groups attached to an aromatic ring is 1. The van der Waals surface area contributed by atoms with Crippen molar-refractivity contribution in [3.05, 3.63) is 65.2 Å². The van der Waals surface area contributed by atoms with Gasteiger partial charge < -0.3 is 15.8 Å². The van der Waals surface area contributed by atoms with Crippen LogP contribution in [0.4, 0.5) is 5.13 Å². The summed E-state index contributed by atoms with van der Waals surface area (Å²) >= 11 is 1.54. The maximum Gasteiger partial charge on any atom is 0.290 e. The molecule has 4 rings (SSSR count). The van der Waals surface area contributed by atoms with Crippen molar-refractivity contribution >= 4 is 22.9 Å². The van der Waals surface area contributed by atoms with Crippen LogP contribution in [-0.4, -0.2) is 44.5 Å². The average molecular weight is 385 g/mol. The first kappa shape index (κ1) is 19.1. The van der Waals surface area contributed by atoms with Gasteiger partial charge in [-0.2, -0.15) is 0 Å². The predicted molar refractivity (Wildman–Crippen MR) is 106 cm³/mol. The first-order chi connectivity index (χ1) is 13.2. The number of nitrogens with two attached hydrogens (primary N) is 1. The summed E-state index contributed by atoms with van der Waals surface area (Å²) in [5.41, 5.74) is 9.53. The largest absolute Gasteiger partial charge is 0.483 e. The minimum absolute atomic E-state index is 0.0279. The molecule has 0 radical (unpaired) electrons. The second-order valence-electron chi connectivity index (χ2n) is 6.48. The fourth-order valence-electron chi connectivity index (χ4n) is 3.66. The summed E-state index contributed by atoms with van der Waals surface area (Å²) in [6.07, 6.45) is 5.74. The number of imidazole rings is 1. The minimum Gasteiger partial charge on any atom is -0.483 e. The molecule has 142 valence electrons. The van der Waals surface area contributed by atoms with E-state index >= 15 is 0 Å². The van der Waals surface area contributed by atoms with E-state index in [4.69, 9.17) is 15.6 Å². The van der Waals surface area contributed by atoms with E-state index in [1.165, 1.54) is 22.6 Å². The van der Waals surface area contributed by atoms with Crippen LogP contribution in [0, 0.1) is 0 Å². The summed E-state index contributed by atoms with van der Waals surface area (Å²) in [4.78, 5) is 22.8. The molecule has 1 fully saturated rings. The number of H-pyrrole nitrogens is 1. The van der Waals surface area contributed by atoms with E-state index in [1.807, 2.05) is 6.20 Å². The number of likely N-dealkylation sites (tertiary alicyclic amines) is 1. The number of carbonyl (C=O) groups is 1. The van der Waals surface area contributed by atoms with E-state index in [9.17, 15) is 0 Å². The van der Waals surface area contributed by atoms with Crippen LogP contribution in [0.3, 0.4) is 0 Å². The Morgan fingerprint density at radius 2 is 2.00 bits per heavy atom. The van der Waals surface area contributed by atoms with Gasteiger partial charge >= 0.3 is 0 Å². The van der Waals surface area contributed by atoms with E-state index < -0.39 is 0 Å². The standard InChI is InChI=1S/C18H21N5S.CH2O2/c19-17-22-16(12-24-17)18(14-4-2-1-3-5-14)6-8-23(9-7-18)11-15-10-20-13-21-15;2-1-3/h1-5,10,12-13H,6-9,11H2,(H2,19,22)(H,20,21);1H,(H,2,3). The molecule has 3 aromatic rings. The molecule has 1 saturated heterocycles. The van der Waals surface area contributed by atoms with Crippen LogP contribution in [-0.2, 0) is 16.8 Å². The van der Waals surface area contributed by atoms with Gasteiger partial charge in [-0.25, -0.2) is 9.97 Å². The summed E-state index contributed by atoms with van der Waals surface area (Å²) in [5.74, 6) is 0. The quantitative estimate of drug-likeness (QED) is 0.596. The molecule has 7 nitrogen and oxygen atoms in total. The summed E-state index contributed by atoms with van der Waals surface area (Å²) in [5, 5.41) is 9.67. The Labute approximate surface area is 161 Å². The van der Waals surface area contributed by atoms with Gasteiger partial charge in [-0.15, -0.1) is 11.3 Å². The number of benzene rings is 1. The van der Waals surface area contributed by atoms with E-state index in [1.54, 1.807) is 6.33 Å². The molecule has 1 aliphatic heterocycles. The fourth-order valence-corrected chi connectivity index (χ4v) is 4.32. The van der Waals surface area contributed by atoms with Crippen LogP contribution in [0.2, 0.25) is 0 Å². The Kier molecular flexibility index (Phi) is 6.20. The molecule has 4 N–H and O–H groups in total. The zero-order valence-electron chi connectivity index (χ0n) is 14.9. The zero-order chi connectivity index (χ0) is 19.1. The Bertz CT molecular complexity index is 827. The molecule has 0 amide bonds. The Hall–Kier alpha value is -2.71. The SMILES string of the molecule is Nc1nc(C2(c3ccccc3)CCN(Cc3cnc[nH]3)CC2)cs1.O=CO. The highest BCUT2D eigenvalue weighted by atomic mass is 32.1. The number of rotatable bonds is 4. The van der Waals surface area contributed by atoms with Crippen LogP contribution in [0.5, 0.6) is 0 Å². The van der Waals surface area contributed by atoms with Gasteiger partial charge in [-0.1, -0.05) is 30.3 Å². The fraction of sp³-hybridized carbons (Fsp3) is 0.316. The van der Waals surface area contributed by atoms with Gasteiger partial charge in [-0.05, 0) is 31.5 Å². The molecule has 3 heterocycles. The van der Waals surface area contributed by atoms with E-state index in [0.29, 0.717) is 5.13 Å². The molecular formula is C19H23N5O2S. The lowest BCUT2D eigenvalue weighted by Crippen LogP contribution is -2.43. The third-order valence-corrected chi connectivity index (χ3v) is 5.67. The predicted octanol–water partition coefficient (Wildman–Crippen LogP) is 2.73. The van der Waals surface area contributed by atoms with Gasteiger partial charge in [0.05, 0.1) is 12.0 Å². The van der Waals surface area contributed by atoms with Crippen LogP contribution < -0.4 is 5.73 Å². The van der Waals surface area contributed by atoms with Crippen molar-refractivity contribution in [1.29, 1.82) is 0 Å². The third-order valence-electron chi connectivity index (χ3n) is 5.00. The smallest absolute Gasteiger partial charge is 0.290 e. The second kappa shape index (κ2) is 8.79. The average Bonchev–Trinajstić information content (AvgIpc) is 3.36. The molecular weight excluding hydrogens is 362 g/mol. The summed E-state index contributed by atoms with van der Waals surface area (Å²) in [6.45, 7) is 2.74. The maximum absolute atomic E-state index is 8.36. The lowest BCUT2D eigenvalue weighted by Gasteiger charge is -2.41. The molecule has 0 saturated carbocycles. The topological polar surface area (TPSA) is 108 Å². The summed E-state index contributed by atoms with van der Waals surface area (Å²) < 4.78 is 0. The monoisotopic (exact) mass is 385 g/mol. The van der Waals surface area contributed by atoms with Crippen molar-refractivity contribution in [2.24, 2.45) is 0 Å². The summed E-state index contributed by atoms with van der Waals surface area (Å²) in [6, 6.07) is 10.7. The number of hydrogen-bond acceptors (Lipinski definition) is 6. The molecule has 2 aromatic heterocycles. The Morgan fingerprint density at radius 3 is 2.56 bits per heavy atom. The van der Waals surface area contributed by atoms with Crippen molar-refractivity contribution in [3.63, 3.8) is 0 Å². The first-order valence-corrected chi connectivity index (χ1v) is 9.60. The van der Waals surface area contributed by atoms with Crippen LogP contribution in [0.1, 0.15) is 29.8 Å². The number of aromatic nitrogens is 3. The van der Waals surface area contributed by atoms with Crippen molar-refractivity contribution in [1.82, 2.24) is 19.9 Å². The van der Waals surface area contributed by atoms with Crippen molar-refractivity contribution in [3.8, 4) is 0 Å². The normalized spacial score (nSPS) is 16.3. The zero-order valence-corrected chi connectivity index (χ0v) is 15.7. The molecule has 0 spiro atoms. The lowest BCUT2D eigenvalue weighted by atomic mass is 9.70. The van der Waals surface area contributed by atoms with Gasteiger partial charge in [0.25, 0.3) is 6.47 Å². The molecule has 1 aliphatic rings. The van der Waals surface area contributed by atoms with Gasteiger partial charge in [0.1, 0.15) is 0 Å². The number of carboxylic acid groups (broad SMARTS) is 1. The first-order valence-electron chi connectivity index (χ1n) is 8.72. The number of nitrogens with one attached hydrogen (secondary N) is 1. The highest BCUT2D eigenvalue weighted by molar-refractivity contribution is 7.13. The number of piperidine rings is 1. The minimum atomic E-state index is -0.250. The molecule has 27 heavy (non-hydrogen) atoms. The molecule has 8 heteroatoms. The van der Waals surface area contributed by atoms with E-state index in [-0.39, 0.29) is 11.9 Å². The van der Waals surface area contributed by atoms with Crippen molar-refractivity contribution in [2.75, 3.05) is 18.8 Å². The molecule has 0 atom stereocenters.